The number of hydrogen-bond acceptors (Lipinski definition) is 2. The summed E-state index contributed by atoms with van der Waals surface area (Å²) in [6.07, 6.45) is 2.79. The van der Waals surface area contributed by atoms with Crippen molar-refractivity contribution in [2.45, 2.75) is 72.8 Å². The summed E-state index contributed by atoms with van der Waals surface area (Å²) in [5, 5.41) is 0. The van der Waals surface area contributed by atoms with Crippen LogP contribution < -0.4 is 4.74 Å². The zero-order chi connectivity index (χ0) is 18.1. The molecule has 0 aliphatic carbocycles. The monoisotopic (exact) mass is 333 g/mol. The first-order chi connectivity index (χ1) is 11.4. The van der Waals surface area contributed by atoms with Crippen molar-refractivity contribution in [2.75, 3.05) is 13.1 Å². The Morgan fingerprint density at radius 3 is 1.96 bits per heavy atom. The minimum Gasteiger partial charge on any atom is -0.491 e. The van der Waals surface area contributed by atoms with Gasteiger partial charge in [-0.25, -0.2) is 0 Å². The van der Waals surface area contributed by atoms with Crippen LogP contribution in [0.15, 0.2) is 24.3 Å². The van der Waals surface area contributed by atoms with E-state index in [4.69, 9.17) is 4.74 Å². The van der Waals surface area contributed by atoms with Crippen LogP contribution >= 0.6 is 0 Å². The van der Waals surface area contributed by atoms with Gasteiger partial charge in [0.1, 0.15) is 5.75 Å². The predicted octanol–water partition coefficient (Wildman–Crippen LogP) is 5.25. The van der Waals surface area contributed by atoms with Crippen LogP contribution in [0.3, 0.4) is 0 Å². The first kappa shape index (κ1) is 20.5. The summed E-state index contributed by atoms with van der Waals surface area (Å²) in [6, 6.07) is 8.26. The fourth-order valence-electron chi connectivity index (χ4n) is 3.02. The number of carbonyl (C=O) groups excluding carboxylic acids is 1. The van der Waals surface area contributed by atoms with Gasteiger partial charge in [0, 0.05) is 19.5 Å². The number of nitrogens with zero attached hydrogens (tertiary/aromatic N) is 1. The molecule has 0 saturated carbocycles. The first-order valence-electron chi connectivity index (χ1n) is 9.43. The Bertz CT molecular complexity index is 473. The molecule has 1 rings (SSSR count). The highest BCUT2D eigenvalue weighted by molar-refractivity contribution is 5.77. The molecule has 0 aliphatic rings. The molecule has 1 aromatic rings. The molecule has 24 heavy (non-hydrogen) atoms. The molecule has 0 aliphatic heterocycles. The summed E-state index contributed by atoms with van der Waals surface area (Å²) in [4.78, 5) is 14.7. The maximum atomic E-state index is 12.7. The van der Waals surface area contributed by atoms with E-state index in [-0.39, 0.29) is 17.9 Å². The standard InChI is InChI=1S/C21H35NO2/c1-7-13-22(14-8-2)21(23)15-20(16(3)4)18-9-11-19(12-10-18)24-17(5)6/h9-12,16-17,20H,7-8,13-15H2,1-6H3. The Balaban J connectivity index is 2.84. The van der Waals surface area contributed by atoms with Crippen molar-refractivity contribution < 1.29 is 9.53 Å². The quantitative estimate of drug-likeness (QED) is 0.585. The van der Waals surface area contributed by atoms with Crippen LogP contribution in [-0.2, 0) is 4.79 Å². The summed E-state index contributed by atoms with van der Waals surface area (Å²) >= 11 is 0. The van der Waals surface area contributed by atoms with Gasteiger partial charge >= 0.3 is 0 Å². The Morgan fingerprint density at radius 2 is 1.54 bits per heavy atom. The average molecular weight is 334 g/mol. The molecule has 136 valence electrons. The Kier molecular flexibility index (Phi) is 8.88. The molecule has 0 spiro atoms. The van der Waals surface area contributed by atoms with E-state index in [2.05, 4.69) is 39.8 Å². The lowest BCUT2D eigenvalue weighted by Crippen LogP contribution is -2.34. The number of amides is 1. The first-order valence-corrected chi connectivity index (χ1v) is 9.43. The molecule has 0 aromatic heterocycles. The molecular formula is C21H35NO2. The smallest absolute Gasteiger partial charge is 0.223 e. The largest absolute Gasteiger partial charge is 0.491 e. The van der Waals surface area contributed by atoms with Crippen molar-refractivity contribution in [3.05, 3.63) is 29.8 Å². The number of benzene rings is 1. The zero-order valence-electron chi connectivity index (χ0n) is 16.3. The van der Waals surface area contributed by atoms with Crippen LogP contribution in [0.4, 0.5) is 0 Å². The van der Waals surface area contributed by atoms with Gasteiger partial charge in [0.25, 0.3) is 0 Å². The summed E-state index contributed by atoms with van der Waals surface area (Å²) < 4.78 is 5.72. The molecule has 1 unspecified atom stereocenters. The van der Waals surface area contributed by atoms with Crippen molar-refractivity contribution in [3.8, 4) is 5.75 Å². The second kappa shape index (κ2) is 10.4. The highest BCUT2D eigenvalue weighted by Gasteiger charge is 2.22. The van der Waals surface area contributed by atoms with Gasteiger partial charge in [-0.2, -0.15) is 0 Å². The fraction of sp³-hybridized carbons (Fsp3) is 0.667. The van der Waals surface area contributed by atoms with Crippen LogP contribution in [0.5, 0.6) is 5.75 Å². The second-order valence-electron chi connectivity index (χ2n) is 7.17. The van der Waals surface area contributed by atoms with E-state index in [1.54, 1.807) is 0 Å². The molecule has 0 saturated heterocycles. The second-order valence-corrected chi connectivity index (χ2v) is 7.17. The lowest BCUT2D eigenvalue weighted by molar-refractivity contribution is -0.132. The summed E-state index contributed by atoms with van der Waals surface area (Å²) in [5.74, 6) is 1.85. The third kappa shape index (κ3) is 6.54. The number of carbonyl (C=O) groups is 1. The number of hydrogen-bond donors (Lipinski definition) is 0. The van der Waals surface area contributed by atoms with Gasteiger partial charge in [-0.15, -0.1) is 0 Å². The molecule has 1 atom stereocenters. The summed E-state index contributed by atoms with van der Waals surface area (Å²) in [7, 11) is 0. The normalized spacial score (nSPS) is 12.5. The van der Waals surface area contributed by atoms with Crippen LogP contribution in [0.25, 0.3) is 0 Å². The van der Waals surface area contributed by atoms with Gasteiger partial charge in [0.2, 0.25) is 5.91 Å². The van der Waals surface area contributed by atoms with Crippen molar-refractivity contribution in [3.63, 3.8) is 0 Å². The molecule has 0 N–H and O–H groups in total. The van der Waals surface area contributed by atoms with E-state index >= 15 is 0 Å². The highest BCUT2D eigenvalue weighted by Crippen LogP contribution is 2.30. The van der Waals surface area contributed by atoms with E-state index in [0.717, 1.165) is 31.7 Å². The highest BCUT2D eigenvalue weighted by atomic mass is 16.5. The third-order valence-electron chi connectivity index (χ3n) is 4.22. The van der Waals surface area contributed by atoms with Gasteiger partial charge in [-0.1, -0.05) is 39.8 Å². The van der Waals surface area contributed by atoms with Crippen molar-refractivity contribution in [1.82, 2.24) is 4.90 Å². The maximum Gasteiger partial charge on any atom is 0.223 e. The number of rotatable bonds is 10. The van der Waals surface area contributed by atoms with Crippen LogP contribution in [0, 0.1) is 5.92 Å². The van der Waals surface area contributed by atoms with Gasteiger partial charge in [0.15, 0.2) is 0 Å². The van der Waals surface area contributed by atoms with Gasteiger partial charge in [-0.05, 0) is 56.2 Å². The van der Waals surface area contributed by atoms with E-state index in [1.807, 2.05) is 30.9 Å². The van der Waals surface area contributed by atoms with Crippen LogP contribution in [0.2, 0.25) is 0 Å². The summed E-state index contributed by atoms with van der Waals surface area (Å²) in [6.45, 7) is 14.4. The molecule has 0 heterocycles. The maximum absolute atomic E-state index is 12.7. The van der Waals surface area contributed by atoms with Gasteiger partial charge in [0.05, 0.1) is 6.10 Å². The SMILES string of the molecule is CCCN(CCC)C(=O)CC(c1ccc(OC(C)C)cc1)C(C)C. The molecule has 3 heteroatoms. The predicted molar refractivity (Wildman–Crippen MR) is 102 cm³/mol. The van der Waals surface area contributed by atoms with Gasteiger partial charge in [-0.3, -0.25) is 4.79 Å². The molecular weight excluding hydrogens is 298 g/mol. The lowest BCUT2D eigenvalue weighted by Gasteiger charge is -2.27. The Labute approximate surface area is 148 Å². The van der Waals surface area contributed by atoms with E-state index < -0.39 is 0 Å². The topological polar surface area (TPSA) is 29.5 Å². The zero-order valence-corrected chi connectivity index (χ0v) is 16.3. The van der Waals surface area contributed by atoms with Crippen LogP contribution in [-0.4, -0.2) is 30.0 Å². The van der Waals surface area contributed by atoms with Gasteiger partial charge < -0.3 is 9.64 Å². The fourth-order valence-corrected chi connectivity index (χ4v) is 3.02. The Morgan fingerprint density at radius 1 is 1.00 bits per heavy atom. The van der Waals surface area contributed by atoms with E-state index in [9.17, 15) is 4.79 Å². The minimum absolute atomic E-state index is 0.176. The van der Waals surface area contributed by atoms with Crippen molar-refractivity contribution >= 4 is 5.91 Å². The average Bonchev–Trinajstić information content (AvgIpc) is 2.52. The van der Waals surface area contributed by atoms with Crippen LogP contribution in [0.1, 0.15) is 72.3 Å². The molecule has 0 radical (unpaired) electrons. The third-order valence-corrected chi connectivity index (χ3v) is 4.22. The molecule has 0 fully saturated rings. The molecule has 3 nitrogen and oxygen atoms in total. The Hall–Kier alpha value is -1.51. The molecule has 1 aromatic carbocycles. The summed E-state index contributed by atoms with van der Waals surface area (Å²) in [5.41, 5.74) is 1.22. The molecule has 0 bridgehead atoms. The van der Waals surface area contributed by atoms with E-state index in [0.29, 0.717) is 12.3 Å². The number of ether oxygens (including phenoxy) is 1. The molecule has 1 amide bonds. The van der Waals surface area contributed by atoms with E-state index in [1.165, 1.54) is 5.56 Å². The minimum atomic E-state index is 0.176. The lowest BCUT2D eigenvalue weighted by atomic mass is 9.85. The van der Waals surface area contributed by atoms with Crippen molar-refractivity contribution in [2.24, 2.45) is 5.92 Å². The van der Waals surface area contributed by atoms with Crippen molar-refractivity contribution in [1.29, 1.82) is 0 Å².